The molecule has 0 saturated carbocycles. The molecule has 3 unspecified atom stereocenters. The van der Waals surface area contributed by atoms with Crippen molar-refractivity contribution in [1.29, 1.82) is 5.26 Å². The molecule has 1 aromatic carbocycles. The lowest BCUT2D eigenvalue weighted by molar-refractivity contribution is 0.374. The van der Waals surface area contributed by atoms with Crippen molar-refractivity contribution < 1.29 is 4.74 Å². The van der Waals surface area contributed by atoms with Gasteiger partial charge in [-0.3, -0.25) is 0 Å². The minimum Gasteiger partial charge on any atom is -0.467 e. The number of aryl methyl sites for hydroxylation is 1. The molecule has 2 bridgehead atoms. The summed E-state index contributed by atoms with van der Waals surface area (Å²) in [7, 11) is 1.66. The molecule has 7 nitrogen and oxygen atoms in total. The number of methoxy groups -OCH3 is 1. The van der Waals surface area contributed by atoms with Crippen LogP contribution in [0.4, 0.5) is 11.5 Å². The summed E-state index contributed by atoms with van der Waals surface area (Å²) < 4.78 is 5.54. The first kappa shape index (κ1) is 20.7. The summed E-state index contributed by atoms with van der Waals surface area (Å²) in [5.74, 6) is 1.41. The third-order valence-electron chi connectivity index (χ3n) is 7.98. The monoisotopic (exact) mass is 444 g/mol. The van der Waals surface area contributed by atoms with Gasteiger partial charge < -0.3 is 19.9 Å². The molecule has 1 aromatic heterocycles. The highest BCUT2D eigenvalue weighted by Gasteiger charge is 2.35. The fourth-order valence-corrected chi connectivity index (χ4v) is 6.48. The van der Waals surface area contributed by atoms with E-state index in [1.54, 1.807) is 7.11 Å². The van der Waals surface area contributed by atoms with Crippen molar-refractivity contribution in [3.05, 3.63) is 40.6 Å². The molecule has 2 fully saturated rings. The fraction of sp³-hybridized carbons (Fsp3) is 0.577. The van der Waals surface area contributed by atoms with Gasteiger partial charge in [-0.25, -0.2) is 0 Å². The van der Waals surface area contributed by atoms with Crippen molar-refractivity contribution in [2.45, 2.75) is 69.5 Å². The van der Waals surface area contributed by atoms with Crippen LogP contribution in [0.25, 0.3) is 0 Å². The quantitative estimate of drug-likeness (QED) is 0.775. The normalized spacial score (nSPS) is 25.9. The van der Waals surface area contributed by atoms with Crippen molar-refractivity contribution >= 4 is 11.5 Å². The summed E-state index contributed by atoms with van der Waals surface area (Å²) in [6.07, 6.45) is 7.42. The van der Waals surface area contributed by atoms with E-state index in [9.17, 15) is 5.26 Å². The molecule has 0 spiro atoms. The Hall–Kier alpha value is -2.85. The number of piperazine rings is 1. The van der Waals surface area contributed by atoms with Crippen LogP contribution in [0.2, 0.25) is 0 Å². The number of fused-ring (bicyclic) bond motifs is 4. The standard InChI is InChI=1S/C26H32N6O/c1-33-26-29-22-16-31(23-7-3-6-17-4-2-5-18(10-12-27)24(17)23)13-11-21(22)25(30-26)32-14-19-8-9-20(15-32)28-19/h3,6-7,18-20,28H,2,4-5,8-11,13-16H2,1H3. The Morgan fingerprint density at radius 2 is 1.97 bits per heavy atom. The number of hydrogen-bond donors (Lipinski definition) is 1. The molecule has 4 aliphatic rings. The van der Waals surface area contributed by atoms with Crippen LogP contribution in [0.3, 0.4) is 0 Å². The number of benzene rings is 1. The molecule has 2 saturated heterocycles. The van der Waals surface area contributed by atoms with E-state index in [2.05, 4.69) is 39.4 Å². The van der Waals surface area contributed by atoms with Crippen molar-refractivity contribution in [3.63, 3.8) is 0 Å². The summed E-state index contributed by atoms with van der Waals surface area (Å²) in [6.45, 7) is 3.73. The summed E-state index contributed by atoms with van der Waals surface area (Å²) in [5.41, 5.74) is 6.47. The molecule has 7 heteroatoms. The van der Waals surface area contributed by atoms with Crippen LogP contribution >= 0.6 is 0 Å². The van der Waals surface area contributed by atoms with Crippen LogP contribution in [-0.4, -0.2) is 48.8 Å². The maximum absolute atomic E-state index is 9.43. The second kappa shape index (κ2) is 8.49. The summed E-state index contributed by atoms with van der Waals surface area (Å²) in [6, 6.07) is 10.7. The Kier molecular flexibility index (Phi) is 5.34. The number of nitrogens with zero attached hydrogens (tertiary/aromatic N) is 5. The van der Waals surface area contributed by atoms with Gasteiger partial charge in [0.05, 0.1) is 25.4 Å². The number of aromatic nitrogens is 2. The Balaban J connectivity index is 1.34. The van der Waals surface area contributed by atoms with E-state index >= 15 is 0 Å². The number of rotatable bonds is 4. The largest absolute Gasteiger partial charge is 0.467 e. The maximum atomic E-state index is 9.43. The van der Waals surface area contributed by atoms with Crippen molar-refractivity contribution in [2.24, 2.45) is 0 Å². The molecular formula is C26H32N6O. The smallest absolute Gasteiger partial charge is 0.318 e. The summed E-state index contributed by atoms with van der Waals surface area (Å²) in [5, 5.41) is 13.1. The van der Waals surface area contributed by atoms with E-state index < -0.39 is 0 Å². The van der Waals surface area contributed by atoms with Crippen LogP contribution < -0.4 is 19.9 Å². The number of nitriles is 1. The highest BCUT2D eigenvalue weighted by atomic mass is 16.5. The van der Waals surface area contributed by atoms with Gasteiger partial charge in [-0.1, -0.05) is 12.1 Å². The predicted molar refractivity (Wildman–Crippen MR) is 128 cm³/mol. The summed E-state index contributed by atoms with van der Waals surface area (Å²) in [4.78, 5) is 14.6. The van der Waals surface area contributed by atoms with Gasteiger partial charge in [-0.15, -0.1) is 0 Å². The molecule has 172 valence electrons. The molecule has 0 amide bonds. The lowest BCUT2D eigenvalue weighted by Crippen LogP contribution is -2.52. The molecule has 3 atom stereocenters. The molecule has 4 heterocycles. The molecule has 2 aromatic rings. The van der Waals surface area contributed by atoms with Gasteiger partial charge in [0.2, 0.25) is 0 Å². The van der Waals surface area contributed by atoms with Crippen LogP contribution in [0, 0.1) is 11.3 Å². The molecule has 6 rings (SSSR count). The lowest BCUT2D eigenvalue weighted by Gasteiger charge is -2.38. The first-order chi connectivity index (χ1) is 16.2. The predicted octanol–water partition coefficient (Wildman–Crippen LogP) is 3.32. The summed E-state index contributed by atoms with van der Waals surface area (Å²) >= 11 is 0. The van der Waals surface area contributed by atoms with Crippen LogP contribution in [0.15, 0.2) is 18.2 Å². The zero-order valence-electron chi connectivity index (χ0n) is 19.4. The van der Waals surface area contributed by atoms with E-state index in [0.717, 1.165) is 57.0 Å². The van der Waals surface area contributed by atoms with Crippen LogP contribution in [0.5, 0.6) is 6.01 Å². The number of nitrogens with one attached hydrogen (secondary N) is 1. The Bertz CT molecular complexity index is 1080. The number of hydrogen-bond acceptors (Lipinski definition) is 7. The SMILES string of the molecule is COc1nc2c(c(N3CC4CCC(C3)N4)n1)CCN(c1cccc3c1C(CC#N)CCC3)C2. The highest BCUT2D eigenvalue weighted by molar-refractivity contribution is 5.62. The van der Waals surface area contributed by atoms with E-state index in [1.165, 1.54) is 41.6 Å². The first-order valence-electron chi connectivity index (χ1n) is 12.4. The minimum absolute atomic E-state index is 0.336. The van der Waals surface area contributed by atoms with Crippen molar-refractivity contribution in [3.8, 4) is 12.1 Å². The van der Waals surface area contributed by atoms with Gasteiger partial charge in [0.15, 0.2) is 0 Å². The molecule has 0 radical (unpaired) electrons. The molecule has 1 aliphatic carbocycles. The molecule has 1 N–H and O–H groups in total. The topological polar surface area (TPSA) is 77.3 Å². The fourth-order valence-electron chi connectivity index (χ4n) is 6.48. The molecule has 33 heavy (non-hydrogen) atoms. The third-order valence-corrected chi connectivity index (χ3v) is 7.98. The zero-order valence-corrected chi connectivity index (χ0v) is 19.4. The Labute approximate surface area is 195 Å². The zero-order chi connectivity index (χ0) is 22.4. The van der Waals surface area contributed by atoms with Crippen LogP contribution in [0.1, 0.15) is 60.4 Å². The van der Waals surface area contributed by atoms with E-state index in [0.29, 0.717) is 30.4 Å². The van der Waals surface area contributed by atoms with E-state index in [4.69, 9.17) is 14.7 Å². The molecule has 3 aliphatic heterocycles. The average molecular weight is 445 g/mol. The third kappa shape index (κ3) is 3.71. The van der Waals surface area contributed by atoms with E-state index in [-0.39, 0.29) is 0 Å². The number of ether oxygens (including phenoxy) is 1. The van der Waals surface area contributed by atoms with Gasteiger partial charge in [0, 0.05) is 49.4 Å². The van der Waals surface area contributed by atoms with E-state index in [1.807, 2.05) is 0 Å². The Morgan fingerprint density at radius 3 is 2.76 bits per heavy atom. The first-order valence-corrected chi connectivity index (χ1v) is 12.4. The highest BCUT2D eigenvalue weighted by Crippen LogP contribution is 2.42. The van der Waals surface area contributed by atoms with Gasteiger partial charge in [0.25, 0.3) is 0 Å². The van der Waals surface area contributed by atoms with Gasteiger partial charge in [-0.05, 0) is 61.6 Å². The van der Waals surface area contributed by atoms with Gasteiger partial charge in [0.1, 0.15) is 5.82 Å². The van der Waals surface area contributed by atoms with Gasteiger partial charge >= 0.3 is 6.01 Å². The lowest BCUT2D eigenvalue weighted by atomic mass is 9.80. The number of anilines is 2. The van der Waals surface area contributed by atoms with Crippen molar-refractivity contribution in [2.75, 3.05) is 36.5 Å². The molecular weight excluding hydrogens is 412 g/mol. The maximum Gasteiger partial charge on any atom is 0.318 e. The van der Waals surface area contributed by atoms with Crippen molar-refractivity contribution in [1.82, 2.24) is 15.3 Å². The second-order valence-electron chi connectivity index (χ2n) is 9.97. The Morgan fingerprint density at radius 1 is 1.12 bits per heavy atom. The average Bonchev–Trinajstić information content (AvgIpc) is 3.20. The van der Waals surface area contributed by atoms with Crippen LogP contribution in [-0.2, 0) is 19.4 Å². The minimum atomic E-state index is 0.336. The second-order valence-corrected chi connectivity index (χ2v) is 9.97. The van der Waals surface area contributed by atoms with Gasteiger partial charge in [-0.2, -0.15) is 15.2 Å².